The second-order valence-electron chi connectivity index (χ2n) is 7.16. The molecule has 0 saturated heterocycles. The Balaban J connectivity index is 1.72. The zero-order valence-corrected chi connectivity index (χ0v) is 15.4. The van der Waals surface area contributed by atoms with Gasteiger partial charge in [-0.25, -0.2) is 0 Å². The molecule has 0 N–H and O–H groups in total. The topological polar surface area (TPSA) is 60.4 Å². The first-order valence-corrected chi connectivity index (χ1v) is 9.37. The molecule has 4 nitrogen and oxygen atoms in total. The van der Waals surface area contributed by atoms with Gasteiger partial charge in [-0.15, -0.1) is 0 Å². The van der Waals surface area contributed by atoms with Crippen molar-refractivity contribution in [2.24, 2.45) is 0 Å². The minimum atomic E-state index is -0.860. The molecular formula is C25H16O4. The summed E-state index contributed by atoms with van der Waals surface area (Å²) in [4.78, 5) is 36.6. The first-order valence-electron chi connectivity index (χ1n) is 9.37. The minimum absolute atomic E-state index is 0.158. The quantitative estimate of drug-likeness (QED) is 0.489. The van der Waals surface area contributed by atoms with Gasteiger partial charge in [-0.05, 0) is 24.3 Å². The highest BCUT2D eigenvalue weighted by Crippen LogP contribution is 2.44. The summed E-state index contributed by atoms with van der Waals surface area (Å²) in [6, 6.07) is 22.9. The average molecular weight is 380 g/mol. The van der Waals surface area contributed by atoms with Gasteiger partial charge < -0.3 is 4.74 Å². The van der Waals surface area contributed by atoms with E-state index in [0.717, 1.165) is 11.1 Å². The first-order chi connectivity index (χ1) is 14.1. The van der Waals surface area contributed by atoms with Crippen LogP contribution in [0.1, 0.15) is 43.8 Å². The number of hydrogen-bond acceptors (Lipinski definition) is 4. The molecule has 0 unspecified atom stereocenters. The van der Waals surface area contributed by atoms with Gasteiger partial charge in [0, 0.05) is 27.8 Å². The second kappa shape index (κ2) is 6.38. The van der Waals surface area contributed by atoms with Crippen LogP contribution in [0.2, 0.25) is 0 Å². The number of carbonyl (C=O) groups excluding carboxylic acids is 3. The van der Waals surface area contributed by atoms with Crippen molar-refractivity contribution in [2.45, 2.75) is 12.0 Å². The lowest BCUT2D eigenvalue weighted by Gasteiger charge is -2.37. The number of Topliss-reactive ketones (excluding diaryl/α,β-unsaturated/α-hetero) is 3. The van der Waals surface area contributed by atoms with Gasteiger partial charge in [0.15, 0.2) is 11.4 Å². The van der Waals surface area contributed by atoms with Crippen LogP contribution in [0.15, 0.2) is 78.9 Å². The van der Waals surface area contributed by atoms with Crippen molar-refractivity contribution >= 4 is 23.4 Å². The molecule has 0 bridgehead atoms. The highest BCUT2D eigenvalue weighted by Gasteiger charge is 2.40. The molecule has 0 fully saturated rings. The normalized spacial score (nSPS) is 16.8. The number of benzene rings is 3. The third-order valence-electron chi connectivity index (χ3n) is 5.46. The summed E-state index contributed by atoms with van der Waals surface area (Å²) in [7, 11) is 0. The maximum Gasteiger partial charge on any atom is 0.229 e. The van der Waals surface area contributed by atoms with Gasteiger partial charge in [-0.1, -0.05) is 60.7 Å². The Bertz CT molecular complexity index is 1150. The fourth-order valence-corrected chi connectivity index (χ4v) is 4.07. The van der Waals surface area contributed by atoms with Gasteiger partial charge in [-0.3, -0.25) is 14.4 Å². The molecule has 5 rings (SSSR count). The van der Waals surface area contributed by atoms with Crippen LogP contribution < -0.4 is 4.74 Å². The fourth-order valence-electron chi connectivity index (χ4n) is 4.07. The van der Waals surface area contributed by atoms with Crippen molar-refractivity contribution in [2.75, 3.05) is 0 Å². The van der Waals surface area contributed by atoms with E-state index < -0.39 is 23.6 Å². The molecule has 0 saturated carbocycles. The Morgan fingerprint density at radius 2 is 1.34 bits per heavy atom. The highest BCUT2D eigenvalue weighted by molar-refractivity contribution is 6.51. The molecule has 4 heteroatoms. The molecule has 1 heterocycles. The summed E-state index contributed by atoms with van der Waals surface area (Å²) in [6.07, 6.45) is 3.35. The van der Waals surface area contributed by atoms with Gasteiger partial charge in [0.25, 0.3) is 0 Å². The predicted molar refractivity (Wildman–Crippen MR) is 108 cm³/mol. The first kappa shape index (κ1) is 17.3. The van der Waals surface area contributed by atoms with Crippen LogP contribution in [0.4, 0.5) is 0 Å². The monoisotopic (exact) mass is 380 g/mol. The van der Waals surface area contributed by atoms with E-state index in [9.17, 15) is 14.4 Å². The number of rotatable bonds is 2. The van der Waals surface area contributed by atoms with Crippen molar-refractivity contribution in [3.8, 4) is 5.75 Å². The molecule has 0 spiro atoms. The van der Waals surface area contributed by atoms with Crippen LogP contribution in [0.25, 0.3) is 6.08 Å². The van der Waals surface area contributed by atoms with Gasteiger partial charge in [0.1, 0.15) is 5.75 Å². The van der Waals surface area contributed by atoms with Crippen molar-refractivity contribution in [3.63, 3.8) is 0 Å². The number of carbonyl (C=O) groups is 3. The number of hydrogen-bond donors (Lipinski definition) is 0. The highest BCUT2D eigenvalue weighted by atomic mass is 16.5. The summed E-state index contributed by atoms with van der Waals surface area (Å²) < 4.78 is 6.53. The molecule has 3 aromatic rings. The Kier molecular flexibility index (Phi) is 3.81. The van der Waals surface area contributed by atoms with Gasteiger partial charge in [0.2, 0.25) is 11.6 Å². The molecule has 0 atom stereocenters. The maximum absolute atomic E-state index is 12.6. The van der Waals surface area contributed by atoms with Crippen molar-refractivity contribution in [3.05, 3.63) is 107 Å². The molecular weight excluding hydrogens is 364 g/mol. The van der Waals surface area contributed by atoms with Crippen molar-refractivity contribution < 1.29 is 19.1 Å². The second-order valence-corrected chi connectivity index (χ2v) is 7.16. The van der Waals surface area contributed by atoms with E-state index in [1.807, 2.05) is 72.8 Å². The van der Waals surface area contributed by atoms with Crippen molar-refractivity contribution in [1.29, 1.82) is 0 Å². The molecule has 0 amide bonds. The average Bonchev–Trinajstić information content (AvgIpc) is 2.77. The van der Waals surface area contributed by atoms with E-state index in [1.54, 1.807) is 6.07 Å². The van der Waals surface area contributed by atoms with Crippen LogP contribution in [0.5, 0.6) is 5.75 Å². The van der Waals surface area contributed by atoms with E-state index in [2.05, 4.69) is 0 Å². The van der Waals surface area contributed by atoms with Gasteiger partial charge in [-0.2, -0.15) is 0 Å². The van der Waals surface area contributed by atoms with Crippen molar-refractivity contribution in [1.82, 2.24) is 0 Å². The maximum atomic E-state index is 12.6. The Hall–Kier alpha value is -3.79. The Morgan fingerprint density at radius 1 is 0.724 bits per heavy atom. The molecule has 1 aliphatic heterocycles. The van der Waals surface area contributed by atoms with Crippen LogP contribution in [0, 0.1) is 0 Å². The molecule has 3 aromatic carbocycles. The number of ether oxygens (including phenoxy) is 1. The van der Waals surface area contributed by atoms with Crippen LogP contribution in [-0.4, -0.2) is 17.3 Å². The zero-order valence-electron chi connectivity index (χ0n) is 15.4. The summed E-state index contributed by atoms with van der Waals surface area (Å²) >= 11 is 0. The molecule has 1 aliphatic carbocycles. The molecule has 29 heavy (non-hydrogen) atoms. The summed E-state index contributed by atoms with van der Waals surface area (Å²) in [5.41, 5.74) is 2.02. The zero-order chi connectivity index (χ0) is 20.0. The third kappa shape index (κ3) is 2.57. The SMILES string of the molecule is O=C1CC(=O)c2c(ccc3c2C=CC(c2ccccc2)(c2ccccc2)O3)C1=O. The van der Waals surface area contributed by atoms with Gasteiger partial charge in [0.05, 0.1) is 6.42 Å². The van der Waals surface area contributed by atoms with Crippen LogP contribution >= 0.6 is 0 Å². The molecule has 0 aromatic heterocycles. The van der Waals surface area contributed by atoms with E-state index in [-0.39, 0.29) is 16.9 Å². The van der Waals surface area contributed by atoms with E-state index >= 15 is 0 Å². The molecule has 0 radical (unpaired) electrons. The standard InChI is InChI=1S/C25H16O4/c26-20-15-21(27)24(28)19-11-12-22-18(23(19)20)13-14-25(29-22,16-7-3-1-4-8-16)17-9-5-2-6-10-17/h1-14H,15H2. The molecule has 140 valence electrons. The third-order valence-corrected chi connectivity index (χ3v) is 5.46. The van der Waals surface area contributed by atoms with Crippen LogP contribution in [-0.2, 0) is 10.4 Å². The lowest BCUT2D eigenvalue weighted by atomic mass is 9.80. The van der Waals surface area contributed by atoms with E-state index in [0.29, 0.717) is 11.3 Å². The van der Waals surface area contributed by atoms with E-state index in [4.69, 9.17) is 4.74 Å². The molecule has 2 aliphatic rings. The van der Waals surface area contributed by atoms with Crippen LogP contribution in [0.3, 0.4) is 0 Å². The summed E-state index contributed by atoms with van der Waals surface area (Å²) in [5.74, 6) is -1.11. The fraction of sp³-hybridized carbons (Fsp3) is 0.0800. The largest absolute Gasteiger partial charge is 0.473 e. The minimum Gasteiger partial charge on any atom is -0.473 e. The predicted octanol–water partition coefficient (Wildman–Crippen LogP) is 4.37. The summed E-state index contributed by atoms with van der Waals surface area (Å²) in [6.45, 7) is 0. The lowest BCUT2D eigenvalue weighted by Crippen LogP contribution is -2.35. The Labute approximate surface area is 167 Å². The smallest absolute Gasteiger partial charge is 0.229 e. The summed E-state index contributed by atoms with van der Waals surface area (Å²) in [5, 5.41) is 0. The number of fused-ring (bicyclic) bond motifs is 3. The lowest BCUT2D eigenvalue weighted by molar-refractivity contribution is -0.114. The number of ketones is 3. The van der Waals surface area contributed by atoms with E-state index in [1.165, 1.54) is 6.07 Å². The van der Waals surface area contributed by atoms with Gasteiger partial charge >= 0.3 is 0 Å². The Morgan fingerprint density at radius 3 is 1.97 bits per heavy atom.